The van der Waals surface area contributed by atoms with E-state index in [0.29, 0.717) is 26.8 Å². The van der Waals surface area contributed by atoms with Crippen LogP contribution in [-0.4, -0.2) is 34.5 Å². The van der Waals surface area contributed by atoms with Crippen molar-refractivity contribution in [1.29, 1.82) is 0 Å². The third-order valence-electron chi connectivity index (χ3n) is 6.07. The molecule has 0 aliphatic heterocycles. The highest BCUT2D eigenvalue weighted by Crippen LogP contribution is 2.35. The zero-order valence-corrected chi connectivity index (χ0v) is 23.4. The fourth-order valence-corrected chi connectivity index (χ4v) is 4.66. The van der Waals surface area contributed by atoms with Gasteiger partial charge in [0.05, 0.1) is 29.2 Å². The summed E-state index contributed by atoms with van der Waals surface area (Å²) in [4.78, 5) is 29.7. The fraction of sp³-hybridized carbons (Fsp3) is 0.207. The third-order valence-corrected chi connectivity index (χ3v) is 6.52. The smallest absolute Gasteiger partial charge is 0.312 e. The summed E-state index contributed by atoms with van der Waals surface area (Å²) < 4.78 is 12.7. The Morgan fingerprint density at radius 3 is 2.67 bits per heavy atom. The highest BCUT2D eigenvalue weighted by atomic mass is 79.9. The zero-order valence-electron chi connectivity index (χ0n) is 21.8. The number of aromatic nitrogens is 2. The van der Waals surface area contributed by atoms with Gasteiger partial charge in [0, 0.05) is 21.7 Å². The quantitative estimate of drug-likeness (QED) is 0.107. The molecule has 198 valence electrons. The standard InChI is InChI=1S/C29H25BrN4O5/c1-6-11-39-27-19(13-20(30)14-25(27)34(36)37)16-31-33-28(32-24-10-8-7-9-21(24)29(33)35)23-15-22(17(2)3)26(38-5)12-18(23)4/h1,7-10,12-17H,11H2,2-5H3. The van der Waals surface area contributed by atoms with Crippen molar-refractivity contribution in [2.45, 2.75) is 26.7 Å². The Labute approximate surface area is 233 Å². The van der Waals surface area contributed by atoms with Crippen LogP contribution in [0.15, 0.2) is 62.9 Å². The van der Waals surface area contributed by atoms with Crippen molar-refractivity contribution in [2.24, 2.45) is 5.10 Å². The van der Waals surface area contributed by atoms with Crippen LogP contribution in [0.3, 0.4) is 0 Å². The van der Waals surface area contributed by atoms with Crippen molar-refractivity contribution >= 4 is 38.7 Å². The molecule has 0 bridgehead atoms. The topological polar surface area (TPSA) is 109 Å². The Morgan fingerprint density at radius 1 is 1.26 bits per heavy atom. The molecule has 0 aliphatic rings. The number of aryl methyl sites for hydroxylation is 1. The summed E-state index contributed by atoms with van der Waals surface area (Å²) in [6.45, 7) is 5.82. The molecule has 9 nitrogen and oxygen atoms in total. The summed E-state index contributed by atoms with van der Waals surface area (Å²) >= 11 is 3.30. The molecule has 4 rings (SSSR count). The van der Waals surface area contributed by atoms with Crippen molar-refractivity contribution in [3.63, 3.8) is 0 Å². The molecule has 1 aromatic heterocycles. The minimum absolute atomic E-state index is 0.0593. The Balaban J connectivity index is 2.01. The van der Waals surface area contributed by atoms with Gasteiger partial charge in [-0.05, 0) is 54.3 Å². The summed E-state index contributed by atoms with van der Waals surface area (Å²) in [5.41, 5.74) is 2.56. The summed E-state index contributed by atoms with van der Waals surface area (Å²) in [7, 11) is 1.62. The molecule has 0 N–H and O–H groups in total. The molecule has 10 heteroatoms. The van der Waals surface area contributed by atoms with Gasteiger partial charge in [0.2, 0.25) is 5.75 Å². The van der Waals surface area contributed by atoms with Crippen molar-refractivity contribution in [3.05, 3.63) is 90.2 Å². The Hall–Kier alpha value is -4.49. The number of methoxy groups -OCH3 is 1. The summed E-state index contributed by atoms with van der Waals surface area (Å²) in [5, 5.41) is 16.6. The number of nitro benzene ring substituents is 1. The third kappa shape index (κ3) is 5.54. The lowest BCUT2D eigenvalue weighted by Crippen LogP contribution is -2.21. The Kier molecular flexibility index (Phi) is 8.12. The van der Waals surface area contributed by atoms with E-state index in [-0.39, 0.29) is 29.5 Å². The number of halogens is 1. The number of hydrogen-bond acceptors (Lipinski definition) is 7. The molecule has 0 unspecified atom stereocenters. The molecule has 0 fully saturated rings. The van der Waals surface area contributed by atoms with E-state index in [1.54, 1.807) is 31.4 Å². The molecule has 4 aromatic rings. The monoisotopic (exact) mass is 588 g/mol. The lowest BCUT2D eigenvalue weighted by atomic mass is 9.96. The SMILES string of the molecule is C#CCOc1c(C=Nn2c(-c3cc(C(C)C)c(OC)cc3C)nc3ccccc3c2=O)cc(Br)cc1[N+](=O)[O-]. The minimum Gasteiger partial charge on any atom is -0.496 e. The highest BCUT2D eigenvalue weighted by molar-refractivity contribution is 9.10. The van der Waals surface area contributed by atoms with Gasteiger partial charge in [-0.1, -0.05) is 47.8 Å². The van der Waals surface area contributed by atoms with Crippen LogP contribution in [0.1, 0.15) is 36.5 Å². The summed E-state index contributed by atoms with van der Waals surface area (Å²) in [6, 6.07) is 13.8. The van der Waals surface area contributed by atoms with E-state index in [0.717, 1.165) is 16.9 Å². The highest BCUT2D eigenvalue weighted by Gasteiger charge is 2.22. The van der Waals surface area contributed by atoms with Crippen LogP contribution in [0.4, 0.5) is 5.69 Å². The van der Waals surface area contributed by atoms with E-state index >= 15 is 0 Å². The van der Waals surface area contributed by atoms with Crippen LogP contribution < -0.4 is 15.0 Å². The molecule has 0 radical (unpaired) electrons. The minimum atomic E-state index is -0.572. The van der Waals surface area contributed by atoms with E-state index in [9.17, 15) is 14.9 Å². The average molecular weight is 589 g/mol. The summed E-state index contributed by atoms with van der Waals surface area (Å²) in [5.74, 6) is 3.44. The molecule has 0 saturated carbocycles. The van der Waals surface area contributed by atoms with E-state index < -0.39 is 10.5 Å². The van der Waals surface area contributed by atoms with Gasteiger partial charge >= 0.3 is 5.69 Å². The van der Waals surface area contributed by atoms with Crippen molar-refractivity contribution < 1.29 is 14.4 Å². The second-order valence-electron chi connectivity index (χ2n) is 8.97. The first-order valence-corrected chi connectivity index (χ1v) is 12.7. The lowest BCUT2D eigenvalue weighted by molar-refractivity contribution is -0.385. The number of nitro groups is 1. The fourth-order valence-electron chi connectivity index (χ4n) is 4.19. The first-order chi connectivity index (χ1) is 18.7. The van der Waals surface area contributed by atoms with Gasteiger partial charge in [-0.25, -0.2) is 4.98 Å². The maximum Gasteiger partial charge on any atom is 0.312 e. The van der Waals surface area contributed by atoms with Gasteiger partial charge in [-0.15, -0.1) is 6.42 Å². The second kappa shape index (κ2) is 11.5. The van der Waals surface area contributed by atoms with E-state index in [1.807, 2.05) is 39.0 Å². The molecule has 1 heterocycles. The molecule has 0 amide bonds. The van der Waals surface area contributed by atoms with Gasteiger partial charge in [0.1, 0.15) is 12.4 Å². The average Bonchev–Trinajstić information content (AvgIpc) is 2.91. The summed E-state index contributed by atoms with van der Waals surface area (Å²) in [6.07, 6.45) is 6.65. The van der Waals surface area contributed by atoms with Crippen molar-refractivity contribution in [1.82, 2.24) is 9.66 Å². The molecule has 0 aliphatic carbocycles. The maximum absolute atomic E-state index is 13.7. The van der Waals surface area contributed by atoms with Gasteiger partial charge in [0.15, 0.2) is 5.82 Å². The normalized spacial score (nSPS) is 11.2. The maximum atomic E-state index is 13.7. The zero-order chi connectivity index (χ0) is 28.3. The number of terminal acetylenes is 1. The molecule has 0 saturated heterocycles. The predicted octanol–water partition coefficient (Wildman–Crippen LogP) is 6.07. The molecule has 0 atom stereocenters. The Bertz CT molecular complexity index is 1720. The number of ether oxygens (including phenoxy) is 2. The van der Waals surface area contributed by atoms with E-state index in [4.69, 9.17) is 20.9 Å². The molecular weight excluding hydrogens is 564 g/mol. The predicted molar refractivity (Wildman–Crippen MR) is 155 cm³/mol. The number of fused-ring (bicyclic) bond motifs is 1. The number of rotatable bonds is 8. The van der Waals surface area contributed by atoms with Crippen molar-refractivity contribution in [2.75, 3.05) is 13.7 Å². The lowest BCUT2D eigenvalue weighted by Gasteiger charge is -2.17. The van der Waals surface area contributed by atoms with Crippen LogP contribution in [-0.2, 0) is 0 Å². The second-order valence-corrected chi connectivity index (χ2v) is 9.89. The molecular formula is C29H25BrN4O5. The number of para-hydroxylation sites is 1. The number of nitrogens with zero attached hydrogens (tertiary/aromatic N) is 4. The van der Waals surface area contributed by atoms with Gasteiger partial charge < -0.3 is 9.47 Å². The molecule has 0 spiro atoms. The Morgan fingerprint density at radius 2 is 2.00 bits per heavy atom. The van der Waals surface area contributed by atoms with Crippen LogP contribution in [0, 0.1) is 29.4 Å². The van der Waals surface area contributed by atoms with Crippen LogP contribution in [0.2, 0.25) is 0 Å². The van der Waals surface area contributed by atoms with E-state index in [1.165, 1.54) is 17.0 Å². The van der Waals surface area contributed by atoms with Crippen molar-refractivity contribution in [3.8, 4) is 35.2 Å². The number of benzene rings is 3. The first-order valence-electron chi connectivity index (χ1n) is 12.0. The van der Waals surface area contributed by atoms with E-state index in [2.05, 4.69) is 27.0 Å². The molecule has 39 heavy (non-hydrogen) atoms. The number of hydrogen-bond donors (Lipinski definition) is 0. The van der Waals surface area contributed by atoms with Gasteiger partial charge in [-0.2, -0.15) is 9.78 Å². The van der Waals surface area contributed by atoms with Gasteiger partial charge in [0.25, 0.3) is 5.56 Å². The first kappa shape index (κ1) is 27.5. The largest absolute Gasteiger partial charge is 0.496 e. The van der Waals surface area contributed by atoms with Crippen LogP contribution in [0.5, 0.6) is 11.5 Å². The van der Waals surface area contributed by atoms with Crippen LogP contribution >= 0.6 is 15.9 Å². The molecule has 3 aromatic carbocycles. The van der Waals surface area contributed by atoms with Crippen LogP contribution in [0.25, 0.3) is 22.3 Å². The van der Waals surface area contributed by atoms with Gasteiger partial charge in [-0.3, -0.25) is 14.9 Å².